The largest absolute Gasteiger partial charge is 0.384 e. The van der Waals surface area contributed by atoms with Crippen LogP contribution in [-0.2, 0) is 43.1 Å². The molecule has 47 heavy (non-hydrogen) atoms. The number of nitrogens with one attached hydrogen (secondary N) is 2. The molecule has 8 rings (SSSR count). The highest BCUT2D eigenvalue weighted by atomic mass is 31.2. The van der Waals surface area contributed by atoms with Crippen LogP contribution in [-0.4, -0.2) is 101 Å². The zero-order chi connectivity index (χ0) is 32.7. The van der Waals surface area contributed by atoms with Crippen molar-refractivity contribution in [1.82, 2.24) is 29.3 Å². The third kappa shape index (κ3) is 5.48. The number of ether oxygens (including phenoxy) is 2. The van der Waals surface area contributed by atoms with Crippen molar-refractivity contribution in [3.8, 4) is 0 Å². The van der Waals surface area contributed by atoms with Crippen molar-refractivity contribution >= 4 is 57.8 Å². The lowest BCUT2D eigenvalue weighted by Gasteiger charge is -2.29. The molecule has 0 aromatic carbocycles. The number of hydrogen-bond donors (Lipinski definition) is 2. The highest BCUT2D eigenvalue weighted by molar-refractivity contribution is 7.79. The van der Waals surface area contributed by atoms with Crippen molar-refractivity contribution in [2.24, 2.45) is 0 Å². The van der Waals surface area contributed by atoms with Crippen molar-refractivity contribution < 1.29 is 45.5 Å². The van der Waals surface area contributed by atoms with Crippen LogP contribution in [0.1, 0.15) is 24.4 Å². The molecule has 3 saturated heterocycles. The first-order chi connectivity index (χ1) is 22.5. The predicted molar refractivity (Wildman–Crippen MR) is 161 cm³/mol. The molecule has 8 heterocycles. The predicted octanol–water partition coefficient (Wildman–Crippen LogP) is 2.37. The van der Waals surface area contributed by atoms with E-state index < -0.39 is 82.9 Å². The summed E-state index contributed by atoms with van der Waals surface area (Å²) >= 11 is 0. The number of rotatable bonds is 2. The van der Waals surface area contributed by atoms with Crippen LogP contribution in [0.4, 0.5) is 14.5 Å². The maximum atomic E-state index is 16.3. The van der Waals surface area contributed by atoms with E-state index in [-0.39, 0.29) is 11.0 Å². The minimum atomic E-state index is -4.59. The number of hydrogen-bond acceptors (Lipinski definition) is 13. The lowest BCUT2D eigenvalue weighted by atomic mass is 10.1. The van der Waals surface area contributed by atoms with Gasteiger partial charge in [0, 0.05) is 30.0 Å². The molecule has 244 valence electrons. The van der Waals surface area contributed by atoms with E-state index in [0.29, 0.717) is 12.1 Å². The molecule has 10 atom stereocenters. The Morgan fingerprint density at radius 1 is 0.957 bits per heavy atom. The number of halogens is 2. The Hall–Kier alpha value is -2.95. The van der Waals surface area contributed by atoms with E-state index in [4.69, 9.17) is 42.7 Å². The molecule has 4 aromatic heterocycles. The van der Waals surface area contributed by atoms with Crippen LogP contribution in [0.5, 0.6) is 0 Å². The van der Waals surface area contributed by atoms with Crippen LogP contribution in [0.3, 0.4) is 0 Å². The van der Waals surface area contributed by atoms with E-state index in [0.717, 1.165) is 35.9 Å². The van der Waals surface area contributed by atoms with E-state index in [1.54, 1.807) is 12.4 Å². The monoisotopic (exact) mass is 689 g/mol. The second-order valence-corrected chi connectivity index (χ2v) is 14.7. The molecule has 0 saturated carbocycles. The first-order valence-corrected chi connectivity index (χ1v) is 17.9. The van der Waals surface area contributed by atoms with Gasteiger partial charge in [0.05, 0.1) is 31.3 Å². The molecular formula is C25H25B2F2N7O9P2. The van der Waals surface area contributed by atoms with Gasteiger partial charge in [-0.1, -0.05) is 0 Å². The van der Waals surface area contributed by atoms with Gasteiger partial charge in [0.2, 0.25) is 15.1 Å². The van der Waals surface area contributed by atoms with Crippen LogP contribution in [0, 0.1) is 0 Å². The van der Waals surface area contributed by atoms with Crippen LogP contribution in [0.2, 0.25) is 0 Å². The van der Waals surface area contributed by atoms with Crippen LogP contribution < -0.4 is 10.9 Å². The van der Waals surface area contributed by atoms with Gasteiger partial charge in [-0.15, -0.1) is 0 Å². The first-order valence-electron chi connectivity index (χ1n) is 14.6. The van der Waals surface area contributed by atoms with Crippen LogP contribution in [0.25, 0.3) is 22.1 Å². The highest BCUT2D eigenvalue weighted by Crippen LogP contribution is 2.54. The zero-order valence-electron chi connectivity index (χ0n) is 24.3. The van der Waals surface area contributed by atoms with Gasteiger partial charge in [0.15, 0.2) is 30.3 Å². The molecule has 0 spiro atoms. The SMILES string of the molecule is [B]P1(=O)OC[C@H]2O[C@@H](n3cnc4c(=O)[nH]ncc43)C(F)[C@H]2OP([B])(=O)OC[C@H]2O[C@@H](n3cc4c5c(ccnc53)NCCC4)[C@@H](F)C2O1. The number of pyridine rings is 1. The molecule has 16 nitrogen and oxygen atoms in total. The van der Waals surface area contributed by atoms with Crippen LogP contribution in [0.15, 0.2) is 35.8 Å². The molecule has 4 aromatic rings. The Balaban J connectivity index is 1.08. The molecule has 4 unspecified atom stereocenters. The van der Waals surface area contributed by atoms with Gasteiger partial charge in [-0.3, -0.25) is 18.5 Å². The first kappa shape index (κ1) is 31.3. The van der Waals surface area contributed by atoms with Gasteiger partial charge in [-0.05, 0) is 24.5 Å². The maximum Gasteiger partial charge on any atom is 0.292 e. The molecular weight excluding hydrogens is 664 g/mol. The van der Waals surface area contributed by atoms with E-state index in [1.807, 2.05) is 6.07 Å². The number of fused-ring (bicyclic) bond motifs is 3. The molecule has 0 bridgehead atoms. The Morgan fingerprint density at radius 3 is 2.30 bits per heavy atom. The van der Waals surface area contributed by atoms with E-state index in [9.17, 15) is 13.9 Å². The lowest BCUT2D eigenvalue weighted by molar-refractivity contribution is -0.0546. The number of H-pyrrole nitrogens is 1. The fourth-order valence-electron chi connectivity index (χ4n) is 6.48. The third-order valence-corrected chi connectivity index (χ3v) is 10.7. The Bertz CT molecular complexity index is 2020. The summed E-state index contributed by atoms with van der Waals surface area (Å²) in [5.41, 5.74) is 1.66. The number of aryl methyl sites for hydroxylation is 1. The minimum absolute atomic E-state index is 0.0441. The molecule has 4 radical (unpaired) electrons. The van der Waals surface area contributed by atoms with Gasteiger partial charge >= 0.3 is 0 Å². The number of aromatic amines is 1. The van der Waals surface area contributed by atoms with Crippen molar-refractivity contribution in [1.29, 1.82) is 0 Å². The summed E-state index contributed by atoms with van der Waals surface area (Å²) in [6, 6.07) is 1.83. The fraction of sp³-hybridized carbons (Fsp3) is 0.520. The molecule has 4 aliphatic heterocycles. The Labute approximate surface area is 266 Å². The molecule has 4 aliphatic rings. The maximum absolute atomic E-state index is 16.3. The summed E-state index contributed by atoms with van der Waals surface area (Å²) in [4.78, 5) is 20.5. The van der Waals surface area contributed by atoms with Crippen LogP contribution >= 0.6 is 14.9 Å². The summed E-state index contributed by atoms with van der Waals surface area (Å²) < 4.78 is 95.2. The second-order valence-electron chi connectivity index (χ2n) is 11.6. The number of nitrogens with zero attached hydrogens (tertiary/aromatic N) is 5. The molecule has 0 aliphatic carbocycles. The molecule has 2 N–H and O–H groups in total. The molecule has 22 heteroatoms. The van der Waals surface area contributed by atoms with Gasteiger partial charge in [0.25, 0.3) is 20.5 Å². The van der Waals surface area contributed by atoms with E-state index >= 15 is 8.78 Å². The Morgan fingerprint density at radius 2 is 1.62 bits per heavy atom. The van der Waals surface area contributed by atoms with Crippen molar-refractivity contribution in [3.05, 3.63) is 46.9 Å². The normalized spacial score (nSPS) is 37.8. The summed E-state index contributed by atoms with van der Waals surface area (Å²) in [6.07, 6.45) is -5.83. The number of aromatic nitrogens is 6. The standard InChI is InChI=1S/C25H25B2F2N7O9P2/c26-46(38)41-9-15-21(18(29)25(43-15)36-10-32-19-13(36)6-33-34-23(19)37)45-47(27,39)40-8-14-20(44-46)17(28)24(42-14)35-7-11-2-1-4-30-12-3-5-31-22(35)16(11)12/h3,5-7,10,14-15,17-18,20-21,24-25,30H,1-2,4,8-9H2,(H,34,37)/t14-,15-,17+,18?,20?,21+,24-,25-,46?,47?/m1/s1. The lowest BCUT2D eigenvalue weighted by Crippen LogP contribution is -2.37. The fourth-order valence-corrected chi connectivity index (χ4v) is 8.50. The molecule has 0 amide bonds. The zero-order valence-corrected chi connectivity index (χ0v) is 26.0. The van der Waals surface area contributed by atoms with E-state index in [1.165, 1.54) is 15.3 Å². The van der Waals surface area contributed by atoms with Gasteiger partial charge in [-0.25, -0.2) is 23.8 Å². The van der Waals surface area contributed by atoms with Crippen molar-refractivity contribution in [3.63, 3.8) is 0 Å². The van der Waals surface area contributed by atoms with E-state index in [2.05, 4.69) is 25.5 Å². The second kappa shape index (κ2) is 11.6. The highest BCUT2D eigenvalue weighted by Gasteiger charge is 2.53. The average Bonchev–Trinajstić information content (AvgIpc) is 3.73. The summed E-state index contributed by atoms with van der Waals surface area (Å²) in [6.45, 7) is -0.636. The van der Waals surface area contributed by atoms with Crippen molar-refractivity contribution in [2.75, 3.05) is 25.1 Å². The van der Waals surface area contributed by atoms with Gasteiger partial charge < -0.3 is 37.5 Å². The van der Waals surface area contributed by atoms with Gasteiger partial charge in [-0.2, -0.15) is 5.10 Å². The number of alkyl halides is 2. The number of anilines is 1. The summed E-state index contributed by atoms with van der Waals surface area (Å²) in [7, 11) is 2.60. The average molecular weight is 689 g/mol. The quantitative estimate of drug-likeness (QED) is 0.231. The third-order valence-electron chi connectivity index (χ3n) is 8.59. The Kier molecular flexibility index (Phi) is 7.72. The summed E-state index contributed by atoms with van der Waals surface area (Å²) in [5.74, 6) is 0. The van der Waals surface area contributed by atoms with Crippen molar-refractivity contribution in [2.45, 2.75) is 62.1 Å². The number of imidazole rings is 1. The topological polar surface area (TPSA) is 183 Å². The van der Waals surface area contributed by atoms with Gasteiger partial charge in [0.1, 0.15) is 30.1 Å². The summed E-state index contributed by atoms with van der Waals surface area (Å²) in [5, 5.41) is 10.1. The smallest absolute Gasteiger partial charge is 0.292 e. The minimum Gasteiger partial charge on any atom is -0.384 e. The molecule has 3 fully saturated rings.